The number of rotatable bonds is 7. The largest absolute Gasteiger partial charge is 0.379 e. The van der Waals surface area contributed by atoms with E-state index >= 15 is 0 Å². The lowest BCUT2D eigenvalue weighted by molar-refractivity contribution is -0.120. The Hall–Kier alpha value is -2.77. The van der Waals surface area contributed by atoms with Crippen molar-refractivity contribution in [3.8, 4) is 0 Å². The molecule has 28 heavy (non-hydrogen) atoms. The van der Waals surface area contributed by atoms with Crippen molar-refractivity contribution in [2.24, 2.45) is 0 Å². The summed E-state index contributed by atoms with van der Waals surface area (Å²) in [5.74, 6) is -0.860. The highest BCUT2D eigenvalue weighted by atomic mass is 19.1. The van der Waals surface area contributed by atoms with Crippen LogP contribution in [0.2, 0.25) is 0 Å². The van der Waals surface area contributed by atoms with Crippen LogP contribution < -0.4 is 10.6 Å². The average molecular weight is 385 g/mol. The quantitative estimate of drug-likeness (QED) is 0.762. The van der Waals surface area contributed by atoms with Gasteiger partial charge in [0.15, 0.2) is 0 Å². The van der Waals surface area contributed by atoms with Crippen LogP contribution in [0, 0.1) is 5.82 Å². The molecule has 148 valence electrons. The van der Waals surface area contributed by atoms with E-state index in [2.05, 4.69) is 15.5 Å². The van der Waals surface area contributed by atoms with Gasteiger partial charge in [0, 0.05) is 25.2 Å². The SMILES string of the molecule is O=C(CNC(=O)c1ccccc1)NC[C@H](c1ccc(F)cc1)N1CCOCC1. The standard InChI is InChI=1S/C21H24FN3O3/c22-18-8-6-16(7-9-18)19(25-10-12-28-13-11-25)14-23-20(26)15-24-21(27)17-4-2-1-3-5-17/h1-9,19H,10-15H2,(H,23,26)(H,24,27)/t19-/m1/s1. The van der Waals surface area contributed by atoms with Crippen LogP contribution in [0.25, 0.3) is 0 Å². The van der Waals surface area contributed by atoms with Gasteiger partial charge in [-0.25, -0.2) is 4.39 Å². The molecule has 0 aliphatic carbocycles. The Kier molecular flexibility index (Phi) is 7.11. The molecule has 1 aliphatic rings. The number of benzene rings is 2. The molecule has 2 aromatic rings. The van der Waals surface area contributed by atoms with Gasteiger partial charge in [-0.3, -0.25) is 14.5 Å². The molecule has 2 N–H and O–H groups in total. The van der Waals surface area contributed by atoms with Gasteiger partial charge >= 0.3 is 0 Å². The number of hydrogen-bond acceptors (Lipinski definition) is 4. The molecule has 0 radical (unpaired) electrons. The van der Waals surface area contributed by atoms with Gasteiger partial charge in [0.1, 0.15) is 5.82 Å². The number of ether oxygens (including phenoxy) is 1. The number of carbonyl (C=O) groups excluding carboxylic acids is 2. The van der Waals surface area contributed by atoms with Crippen LogP contribution in [0.1, 0.15) is 22.0 Å². The van der Waals surface area contributed by atoms with Gasteiger partial charge in [-0.15, -0.1) is 0 Å². The smallest absolute Gasteiger partial charge is 0.251 e. The number of nitrogens with zero attached hydrogens (tertiary/aromatic N) is 1. The van der Waals surface area contributed by atoms with Crippen molar-refractivity contribution < 1.29 is 18.7 Å². The summed E-state index contributed by atoms with van der Waals surface area (Å²) in [6, 6.07) is 15.0. The third-order valence-electron chi connectivity index (χ3n) is 4.68. The molecule has 1 saturated heterocycles. The van der Waals surface area contributed by atoms with Crippen molar-refractivity contribution in [3.63, 3.8) is 0 Å². The molecular weight excluding hydrogens is 361 g/mol. The highest BCUT2D eigenvalue weighted by Gasteiger charge is 2.23. The predicted molar refractivity (Wildman–Crippen MR) is 103 cm³/mol. The van der Waals surface area contributed by atoms with Crippen LogP contribution in [-0.2, 0) is 9.53 Å². The maximum absolute atomic E-state index is 13.3. The van der Waals surface area contributed by atoms with E-state index in [1.165, 1.54) is 12.1 Å². The first-order valence-corrected chi connectivity index (χ1v) is 9.30. The average Bonchev–Trinajstić information content (AvgIpc) is 2.75. The van der Waals surface area contributed by atoms with Crippen molar-refractivity contribution in [2.75, 3.05) is 39.4 Å². The van der Waals surface area contributed by atoms with E-state index < -0.39 is 0 Å². The van der Waals surface area contributed by atoms with Crippen LogP contribution in [0.4, 0.5) is 4.39 Å². The van der Waals surface area contributed by atoms with Crippen molar-refractivity contribution in [1.82, 2.24) is 15.5 Å². The maximum atomic E-state index is 13.3. The zero-order chi connectivity index (χ0) is 19.8. The van der Waals surface area contributed by atoms with E-state index in [1.54, 1.807) is 36.4 Å². The van der Waals surface area contributed by atoms with E-state index in [0.29, 0.717) is 25.3 Å². The molecule has 7 heteroatoms. The summed E-state index contributed by atoms with van der Waals surface area (Å²) in [5, 5.41) is 5.49. The Labute approximate surface area is 163 Å². The summed E-state index contributed by atoms with van der Waals surface area (Å²) >= 11 is 0. The van der Waals surface area contributed by atoms with E-state index in [9.17, 15) is 14.0 Å². The molecule has 0 saturated carbocycles. The molecule has 2 amide bonds. The van der Waals surface area contributed by atoms with Gasteiger partial charge in [0.2, 0.25) is 5.91 Å². The lowest BCUT2D eigenvalue weighted by Gasteiger charge is -2.35. The molecule has 6 nitrogen and oxygen atoms in total. The van der Waals surface area contributed by atoms with Crippen molar-refractivity contribution in [3.05, 3.63) is 71.5 Å². The number of carbonyl (C=O) groups is 2. The molecule has 1 aliphatic heterocycles. The minimum absolute atomic E-state index is 0.0849. The monoisotopic (exact) mass is 385 g/mol. The first kappa shape index (κ1) is 20.0. The second-order valence-corrected chi connectivity index (χ2v) is 6.57. The first-order valence-electron chi connectivity index (χ1n) is 9.30. The molecule has 0 spiro atoms. The molecule has 0 aromatic heterocycles. The van der Waals surface area contributed by atoms with Gasteiger partial charge in [-0.2, -0.15) is 0 Å². The van der Waals surface area contributed by atoms with Crippen LogP contribution in [0.5, 0.6) is 0 Å². The van der Waals surface area contributed by atoms with Crippen LogP contribution in [0.15, 0.2) is 54.6 Å². The lowest BCUT2D eigenvalue weighted by Crippen LogP contribution is -2.45. The number of nitrogens with one attached hydrogen (secondary N) is 2. The topological polar surface area (TPSA) is 70.7 Å². The summed E-state index contributed by atoms with van der Waals surface area (Å²) in [7, 11) is 0. The Morgan fingerprint density at radius 2 is 1.68 bits per heavy atom. The molecule has 1 fully saturated rings. The second kappa shape index (κ2) is 9.96. The first-order chi connectivity index (χ1) is 13.6. The molecule has 0 unspecified atom stereocenters. The molecule has 3 rings (SSSR count). The summed E-state index contributed by atoms with van der Waals surface area (Å²) in [6.07, 6.45) is 0. The van der Waals surface area contributed by atoms with Gasteiger partial charge in [-0.1, -0.05) is 30.3 Å². The summed E-state index contributed by atoms with van der Waals surface area (Å²) in [5.41, 5.74) is 1.43. The van der Waals surface area contributed by atoms with Gasteiger partial charge in [0.25, 0.3) is 5.91 Å². The fourth-order valence-electron chi connectivity index (χ4n) is 3.16. The highest BCUT2D eigenvalue weighted by Crippen LogP contribution is 2.21. The highest BCUT2D eigenvalue weighted by molar-refractivity contribution is 5.96. The third-order valence-corrected chi connectivity index (χ3v) is 4.68. The normalized spacial score (nSPS) is 15.6. The molecule has 1 atom stereocenters. The number of amides is 2. The fraction of sp³-hybridized carbons (Fsp3) is 0.333. The number of halogens is 1. The van der Waals surface area contributed by atoms with Crippen molar-refractivity contribution >= 4 is 11.8 Å². The lowest BCUT2D eigenvalue weighted by atomic mass is 10.0. The Balaban J connectivity index is 1.55. The zero-order valence-corrected chi connectivity index (χ0v) is 15.6. The minimum atomic E-state index is -0.294. The van der Waals surface area contributed by atoms with E-state index in [0.717, 1.165) is 18.7 Å². The fourth-order valence-corrected chi connectivity index (χ4v) is 3.16. The van der Waals surface area contributed by atoms with Crippen molar-refractivity contribution in [2.45, 2.75) is 6.04 Å². The minimum Gasteiger partial charge on any atom is -0.379 e. The summed E-state index contributed by atoms with van der Waals surface area (Å²) in [6.45, 7) is 2.99. The molecule has 2 aromatic carbocycles. The van der Waals surface area contributed by atoms with Crippen LogP contribution in [0.3, 0.4) is 0 Å². The molecule has 1 heterocycles. The Bertz CT molecular complexity index is 777. The second-order valence-electron chi connectivity index (χ2n) is 6.57. The van der Waals surface area contributed by atoms with E-state index in [4.69, 9.17) is 4.74 Å². The zero-order valence-electron chi connectivity index (χ0n) is 15.6. The summed E-state index contributed by atoms with van der Waals surface area (Å²) in [4.78, 5) is 26.5. The maximum Gasteiger partial charge on any atom is 0.251 e. The van der Waals surface area contributed by atoms with Crippen molar-refractivity contribution in [1.29, 1.82) is 0 Å². The number of hydrogen-bond donors (Lipinski definition) is 2. The third kappa shape index (κ3) is 5.61. The van der Waals surface area contributed by atoms with E-state index in [-0.39, 0.29) is 30.2 Å². The summed E-state index contributed by atoms with van der Waals surface area (Å²) < 4.78 is 18.7. The molecular formula is C21H24FN3O3. The van der Waals surface area contributed by atoms with Gasteiger partial charge < -0.3 is 15.4 Å². The van der Waals surface area contributed by atoms with Gasteiger partial charge in [-0.05, 0) is 29.8 Å². The van der Waals surface area contributed by atoms with Gasteiger partial charge in [0.05, 0.1) is 25.8 Å². The molecule has 0 bridgehead atoms. The number of morpholine rings is 1. The Morgan fingerprint density at radius 3 is 2.36 bits per heavy atom. The predicted octanol–water partition coefficient (Wildman–Crippen LogP) is 1.75. The van der Waals surface area contributed by atoms with E-state index in [1.807, 2.05) is 6.07 Å². The van der Waals surface area contributed by atoms with Crippen LogP contribution >= 0.6 is 0 Å². The van der Waals surface area contributed by atoms with Crippen LogP contribution in [-0.4, -0.2) is 56.1 Å². The Morgan fingerprint density at radius 1 is 1.00 bits per heavy atom.